The zero-order valence-electron chi connectivity index (χ0n) is 10.3. The molecule has 5 nitrogen and oxygen atoms in total. The first-order valence-electron chi connectivity index (χ1n) is 5.72. The van der Waals surface area contributed by atoms with Gasteiger partial charge in [-0.2, -0.15) is 5.26 Å². The maximum absolute atomic E-state index is 12.0. The monoisotopic (exact) mass is 287 g/mol. The van der Waals surface area contributed by atoms with Crippen molar-refractivity contribution in [2.24, 2.45) is 0 Å². The molecule has 0 atom stereocenters. The first-order chi connectivity index (χ1) is 9.70. The van der Waals surface area contributed by atoms with Gasteiger partial charge in [0.05, 0.1) is 10.7 Å². The number of pyridine rings is 1. The fourth-order valence-electron chi connectivity index (χ4n) is 1.50. The molecule has 1 aromatic carbocycles. The maximum atomic E-state index is 12.0. The topological polar surface area (TPSA) is 75.0 Å². The molecule has 1 heterocycles. The Bertz CT molecular complexity index is 650. The molecule has 2 aromatic rings. The molecule has 0 saturated heterocycles. The van der Waals surface area contributed by atoms with Crippen LogP contribution < -0.4 is 10.1 Å². The maximum Gasteiger partial charge on any atom is 0.274 e. The number of nitrogens with one attached hydrogen (secondary N) is 1. The number of para-hydroxylation sites is 2. The number of anilines is 1. The van der Waals surface area contributed by atoms with E-state index in [9.17, 15) is 4.79 Å². The number of carbonyl (C=O) groups excluding carboxylic acids is 1. The van der Waals surface area contributed by atoms with Crippen LogP contribution >= 0.6 is 11.6 Å². The molecule has 1 aromatic heterocycles. The van der Waals surface area contributed by atoms with Gasteiger partial charge in [-0.1, -0.05) is 23.7 Å². The summed E-state index contributed by atoms with van der Waals surface area (Å²) in [6, 6.07) is 11.8. The first-order valence-corrected chi connectivity index (χ1v) is 6.10. The molecule has 0 unspecified atom stereocenters. The number of nitrogens with zero attached hydrogens (tertiary/aromatic N) is 2. The van der Waals surface area contributed by atoms with Gasteiger partial charge in [0.1, 0.15) is 17.5 Å². The number of benzene rings is 1. The highest BCUT2D eigenvalue weighted by atomic mass is 35.5. The van der Waals surface area contributed by atoms with Gasteiger partial charge in [0, 0.05) is 6.20 Å². The minimum Gasteiger partial charge on any atom is -0.477 e. The zero-order chi connectivity index (χ0) is 14.4. The van der Waals surface area contributed by atoms with Crippen molar-refractivity contribution < 1.29 is 9.53 Å². The lowest BCUT2D eigenvalue weighted by atomic mass is 10.2. The van der Waals surface area contributed by atoms with Gasteiger partial charge >= 0.3 is 0 Å². The molecule has 2 rings (SSSR count). The summed E-state index contributed by atoms with van der Waals surface area (Å²) in [6.45, 7) is -0.0912. The van der Waals surface area contributed by atoms with Crippen LogP contribution in [0.15, 0.2) is 42.6 Å². The summed E-state index contributed by atoms with van der Waals surface area (Å²) in [4.78, 5) is 15.9. The second-order valence-electron chi connectivity index (χ2n) is 3.76. The van der Waals surface area contributed by atoms with Crippen molar-refractivity contribution in [1.29, 1.82) is 5.26 Å². The molecule has 0 spiro atoms. The SMILES string of the molecule is N#CCOc1ccccc1NC(=O)c1ccc(Cl)cn1. The van der Waals surface area contributed by atoms with Crippen molar-refractivity contribution in [3.8, 4) is 11.8 Å². The van der Waals surface area contributed by atoms with E-state index in [-0.39, 0.29) is 18.2 Å². The Morgan fingerprint density at radius 3 is 2.85 bits per heavy atom. The van der Waals surface area contributed by atoms with Gasteiger partial charge < -0.3 is 10.1 Å². The number of rotatable bonds is 4. The fraction of sp³-hybridized carbons (Fsp3) is 0.0714. The molecule has 0 bridgehead atoms. The van der Waals surface area contributed by atoms with Gasteiger partial charge in [-0.05, 0) is 24.3 Å². The predicted molar refractivity (Wildman–Crippen MR) is 74.8 cm³/mol. The molecule has 0 aliphatic carbocycles. The molecule has 100 valence electrons. The Morgan fingerprint density at radius 2 is 2.15 bits per heavy atom. The number of amides is 1. The third-order valence-electron chi connectivity index (χ3n) is 2.39. The van der Waals surface area contributed by atoms with Crippen molar-refractivity contribution in [1.82, 2.24) is 4.98 Å². The Morgan fingerprint density at radius 1 is 1.35 bits per heavy atom. The summed E-state index contributed by atoms with van der Waals surface area (Å²) < 4.78 is 5.22. The average Bonchev–Trinajstić information content (AvgIpc) is 2.47. The lowest BCUT2D eigenvalue weighted by molar-refractivity contribution is 0.102. The minimum atomic E-state index is -0.380. The van der Waals surface area contributed by atoms with Gasteiger partial charge in [-0.3, -0.25) is 4.79 Å². The van der Waals surface area contributed by atoms with Crippen molar-refractivity contribution >= 4 is 23.2 Å². The number of hydrogen-bond donors (Lipinski definition) is 1. The third-order valence-corrected chi connectivity index (χ3v) is 2.61. The Balaban J connectivity index is 2.15. The minimum absolute atomic E-state index is 0.0912. The lowest BCUT2D eigenvalue weighted by Crippen LogP contribution is -2.14. The van der Waals surface area contributed by atoms with E-state index in [1.54, 1.807) is 30.3 Å². The van der Waals surface area contributed by atoms with E-state index >= 15 is 0 Å². The number of aromatic nitrogens is 1. The van der Waals surface area contributed by atoms with E-state index in [0.29, 0.717) is 16.5 Å². The number of ether oxygens (including phenoxy) is 1. The highest BCUT2D eigenvalue weighted by Gasteiger charge is 2.10. The molecule has 0 aliphatic rings. The molecule has 0 radical (unpaired) electrons. The number of carbonyl (C=O) groups is 1. The van der Waals surface area contributed by atoms with Crippen molar-refractivity contribution in [2.45, 2.75) is 0 Å². The predicted octanol–water partition coefficient (Wildman–Crippen LogP) is 2.89. The van der Waals surface area contributed by atoms with E-state index in [4.69, 9.17) is 21.6 Å². The molecule has 1 N–H and O–H groups in total. The summed E-state index contributed by atoms with van der Waals surface area (Å²) >= 11 is 5.71. The molecule has 0 fully saturated rings. The summed E-state index contributed by atoms with van der Waals surface area (Å²) in [7, 11) is 0. The third kappa shape index (κ3) is 3.46. The van der Waals surface area contributed by atoms with Crippen LogP contribution in [0.4, 0.5) is 5.69 Å². The van der Waals surface area contributed by atoms with Gasteiger partial charge in [-0.25, -0.2) is 4.98 Å². The van der Waals surface area contributed by atoms with Gasteiger partial charge in [0.25, 0.3) is 5.91 Å². The molecule has 0 saturated carbocycles. The lowest BCUT2D eigenvalue weighted by Gasteiger charge is -2.10. The standard InChI is InChI=1S/C14H10ClN3O2/c15-10-5-6-12(17-9-10)14(19)18-11-3-1-2-4-13(11)20-8-7-16/h1-6,9H,8H2,(H,18,19). The van der Waals surface area contributed by atoms with E-state index in [2.05, 4.69) is 10.3 Å². The molecule has 20 heavy (non-hydrogen) atoms. The van der Waals surface area contributed by atoms with Crippen LogP contribution in [0, 0.1) is 11.3 Å². The normalized spacial score (nSPS) is 9.60. The molecule has 0 aliphatic heterocycles. The summed E-state index contributed by atoms with van der Waals surface area (Å²) in [5.41, 5.74) is 0.717. The summed E-state index contributed by atoms with van der Waals surface area (Å²) in [5, 5.41) is 11.7. The molecular weight excluding hydrogens is 278 g/mol. The number of nitriles is 1. The van der Waals surface area contributed by atoms with Crippen LogP contribution in [0.1, 0.15) is 10.5 Å². The largest absolute Gasteiger partial charge is 0.477 e. The van der Waals surface area contributed by atoms with Gasteiger partial charge in [0.2, 0.25) is 0 Å². The van der Waals surface area contributed by atoms with Crippen LogP contribution in [0.5, 0.6) is 5.75 Å². The highest BCUT2D eigenvalue weighted by molar-refractivity contribution is 6.30. The van der Waals surface area contributed by atoms with E-state index in [1.165, 1.54) is 12.3 Å². The second-order valence-corrected chi connectivity index (χ2v) is 4.20. The first kappa shape index (κ1) is 13.8. The van der Waals surface area contributed by atoms with Crippen molar-refractivity contribution in [3.05, 3.63) is 53.3 Å². The molecule has 6 heteroatoms. The van der Waals surface area contributed by atoms with Crippen LogP contribution in [-0.2, 0) is 0 Å². The van der Waals surface area contributed by atoms with Gasteiger partial charge in [0.15, 0.2) is 6.61 Å². The van der Waals surface area contributed by atoms with Crippen LogP contribution in [-0.4, -0.2) is 17.5 Å². The Labute approximate surface area is 120 Å². The smallest absolute Gasteiger partial charge is 0.274 e. The quantitative estimate of drug-likeness (QED) is 0.938. The Hall–Kier alpha value is -2.58. The van der Waals surface area contributed by atoms with E-state index in [1.807, 2.05) is 6.07 Å². The zero-order valence-corrected chi connectivity index (χ0v) is 11.1. The highest BCUT2D eigenvalue weighted by Crippen LogP contribution is 2.24. The van der Waals surface area contributed by atoms with E-state index < -0.39 is 0 Å². The Kier molecular flexibility index (Phi) is 4.53. The summed E-state index contributed by atoms with van der Waals surface area (Å²) in [6.07, 6.45) is 1.40. The van der Waals surface area contributed by atoms with Crippen LogP contribution in [0.3, 0.4) is 0 Å². The molecular formula is C14H10ClN3O2. The van der Waals surface area contributed by atoms with E-state index in [0.717, 1.165) is 0 Å². The fourth-order valence-corrected chi connectivity index (χ4v) is 1.61. The van der Waals surface area contributed by atoms with Crippen LogP contribution in [0.25, 0.3) is 0 Å². The number of hydrogen-bond acceptors (Lipinski definition) is 4. The number of halogens is 1. The van der Waals surface area contributed by atoms with Crippen molar-refractivity contribution in [3.63, 3.8) is 0 Å². The van der Waals surface area contributed by atoms with Gasteiger partial charge in [-0.15, -0.1) is 0 Å². The summed E-state index contributed by atoms with van der Waals surface area (Å²) in [5.74, 6) is 0.0473. The van der Waals surface area contributed by atoms with Crippen molar-refractivity contribution in [2.75, 3.05) is 11.9 Å². The molecule has 1 amide bonds. The average molecular weight is 288 g/mol. The second kappa shape index (κ2) is 6.55. The van der Waals surface area contributed by atoms with Crippen LogP contribution in [0.2, 0.25) is 5.02 Å².